The fraction of sp³-hybridized carbons (Fsp3) is 0. The second-order valence-electron chi connectivity index (χ2n) is 1.90. The van der Waals surface area contributed by atoms with E-state index in [2.05, 4.69) is 21.5 Å². The molecular weight excluding hydrogens is 142 g/mol. The van der Waals surface area contributed by atoms with E-state index in [1.165, 1.54) is 6.33 Å². The van der Waals surface area contributed by atoms with E-state index in [9.17, 15) is 0 Å². The summed E-state index contributed by atoms with van der Waals surface area (Å²) in [6, 6.07) is 0. The van der Waals surface area contributed by atoms with Gasteiger partial charge in [-0.05, 0) is 0 Å². The van der Waals surface area contributed by atoms with Crippen LogP contribution in [0.15, 0.2) is 17.9 Å². The summed E-state index contributed by atoms with van der Waals surface area (Å²) in [4.78, 5) is 10.4. The van der Waals surface area contributed by atoms with E-state index in [0.717, 1.165) is 6.34 Å². The lowest BCUT2D eigenvalue weighted by Crippen LogP contribution is -1.95. The van der Waals surface area contributed by atoms with Gasteiger partial charge in [0.2, 0.25) is 0 Å². The zero-order valence-electron chi connectivity index (χ0n) is 5.91. The summed E-state index contributed by atoms with van der Waals surface area (Å²) in [5.41, 5.74) is 11.5. The van der Waals surface area contributed by atoms with Gasteiger partial charge in [0, 0.05) is 0 Å². The van der Waals surface area contributed by atoms with E-state index in [4.69, 9.17) is 11.5 Å². The fourth-order valence-electron chi connectivity index (χ4n) is 0.692. The third-order valence-electron chi connectivity index (χ3n) is 1.14. The summed E-state index contributed by atoms with van der Waals surface area (Å²) in [6.07, 6.45) is 2.64. The molecule has 5 heteroatoms. The molecule has 0 saturated carbocycles. The van der Waals surface area contributed by atoms with Gasteiger partial charge < -0.3 is 16.5 Å². The molecule has 5 N–H and O–H groups in total. The van der Waals surface area contributed by atoms with Crippen LogP contribution in [0.5, 0.6) is 0 Å². The smallest absolute Gasteiger partial charge is 0.180 e. The van der Waals surface area contributed by atoms with Crippen molar-refractivity contribution in [2.24, 2.45) is 16.5 Å². The van der Waals surface area contributed by atoms with E-state index < -0.39 is 0 Å². The summed E-state index contributed by atoms with van der Waals surface area (Å²) in [5, 5.41) is 0. The molecule has 0 atom stereocenters. The van der Waals surface area contributed by atoms with Crippen LogP contribution in [0, 0.1) is 0 Å². The van der Waals surface area contributed by atoms with Crippen LogP contribution >= 0.6 is 0 Å². The second kappa shape index (κ2) is 2.87. The van der Waals surface area contributed by atoms with Crippen LogP contribution in [0.2, 0.25) is 0 Å². The number of H-pyrrole nitrogens is 1. The van der Waals surface area contributed by atoms with Gasteiger partial charge in [-0.1, -0.05) is 6.58 Å². The van der Waals surface area contributed by atoms with Crippen molar-refractivity contribution in [1.82, 2.24) is 9.97 Å². The first-order valence-corrected chi connectivity index (χ1v) is 2.98. The Morgan fingerprint density at radius 1 is 1.82 bits per heavy atom. The van der Waals surface area contributed by atoms with Crippen LogP contribution in [-0.2, 0) is 0 Å². The number of hydrogen-bond acceptors (Lipinski definition) is 3. The molecule has 11 heavy (non-hydrogen) atoms. The average molecular weight is 151 g/mol. The van der Waals surface area contributed by atoms with Crippen LogP contribution in [0.25, 0.3) is 5.70 Å². The van der Waals surface area contributed by atoms with Crippen molar-refractivity contribution >= 4 is 17.9 Å². The fourth-order valence-corrected chi connectivity index (χ4v) is 0.692. The van der Waals surface area contributed by atoms with Crippen LogP contribution in [0.3, 0.4) is 0 Å². The first-order valence-electron chi connectivity index (χ1n) is 2.98. The molecule has 0 bridgehead atoms. The van der Waals surface area contributed by atoms with Crippen molar-refractivity contribution in [3.05, 3.63) is 18.6 Å². The molecule has 1 rings (SSSR count). The first-order chi connectivity index (χ1) is 5.25. The molecule has 0 aliphatic heterocycles. The maximum absolute atomic E-state index is 5.41. The minimum atomic E-state index is 0.392. The minimum Gasteiger partial charge on any atom is -0.397 e. The number of hydrogen-bond donors (Lipinski definition) is 3. The number of imidazole rings is 1. The molecule has 0 saturated heterocycles. The van der Waals surface area contributed by atoms with Gasteiger partial charge >= 0.3 is 0 Å². The van der Waals surface area contributed by atoms with Crippen LogP contribution in [-0.4, -0.2) is 16.3 Å². The van der Waals surface area contributed by atoms with Crippen molar-refractivity contribution < 1.29 is 0 Å². The molecule has 58 valence electrons. The molecule has 0 fully saturated rings. The number of aliphatic imine (C=N–C) groups is 1. The lowest BCUT2D eigenvalue weighted by atomic mass is 10.3. The highest BCUT2D eigenvalue weighted by molar-refractivity contribution is 5.69. The molecule has 0 aromatic carbocycles. The average Bonchev–Trinajstić information content (AvgIpc) is 2.36. The van der Waals surface area contributed by atoms with Gasteiger partial charge in [0.05, 0.1) is 18.4 Å². The van der Waals surface area contributed by atoms with Gasteiger partial charge in [0.25, 0.3) is 0 Å². The number of nitrogens with two attached hydrogens (primary N) is 2. The molecule has 1 heterocycles. The van der Waals surface area contributed by atoms with E-state index in [-0.39, 0.29) is 0 Å². The molecule has 1 aromatic rings. The van der Waals surface area contributed by atoms with Crippen molar-refractivity contribution in [2.75, 3.05) is 0 Å². The molecule has 5 nitrogen and oxygen atoms in total. The second-order valence-corrected chi connectivity index (χ2v) is 1.90. The van der Waals surface area contributed by atoms with E-state index in [1.54, 1.807) is 0 Å². The molecule has 1 aromatic heterocycles. The van der Waals surface area contributed by atoms with Gasteiger partial charge in [0.1, 0.15) is 5.69 Å². The predicted molar refractivity (Wildman–Crippen MR) is 44.1 cm³/mol. The first kappa shape index (κ1) is 7.33. The van der Waals surface area contributed by atoms with Crippen LogP contribution in [0.4, 0.5) is 5.82 Å². The summed E-state index contributed by atoms with van der Waals surface area (Å²) in [6.45, 7) is 3.53. The van der Waals surface area contributed by atoms with Crippen LogP contribution in [0.1, 0.15) is 5.69 Å². The Morgan fingerprint density at radius 3 is 3.09 bits per heavy atom. The molecule has 0 unspecified atom stereocenters. The molecule has 0 aliphatic carbocycles. The Bertz CT molecular complexity index is 285. The lowest BCUT2D eigenvalue weighted by Gasteiger charge is -1.93. The number of aromatic amines is 1. The van der Waals surface area contributed by atoms with Gasteiger partial charge in [-0.25, -0.2) is 9.98 Å². The zero-order chi connectivity index (χ0) is 8.27. The van der Waals surface area contributed by atoms with Gasteiger partial charge in [-0.3, -0.25) is 0 Å². The monoisotopic (exact) mass is 151 g/mol. The number of aromatic nitrogens is 2. The van der Waals surface area contributed by atoms with Gasteiger partial charge in [-0.15, -0.1) is 0 Å². The third-order valence-corrected chi connectivity index (χ3v) is 1.14. The Kier molecular flexibility index (Phi) is 1.91. The molecule has 0 aliphatic rings. The predicted octanol–water partition coefficient (Wildman–Crippen LogP) is -0.0424. The summed E-state index contributed by atoms with van der Waals surface area (Å²) in [5.74, 6) is 0.458. The molecule has 0 amide bonds. The highest BCUT2D eigenvalue weighted by Gasteiger charge is 2.03. The standard InChI is InChI=1S/C6H9N5/c1-4(8)5-6(9-2-7)11-3-10-5/h2-3H,1,8H2,(H2,7,9)(H,10,11). The minimum absolute atomic E-state index is 0.392. The van der Waals surface area contributed by atoms with E-state index >= 15 is 0 Å². The van der Waals surface area contributed by atoms with Crippen molar-refractivity contribution in [3.8, 4) is 0 Å². The van der Waals surface area contributed by atoms with Gasteiger partial charge in [0.15, 0.2) is 5.82 Å². The van der Waals surface area contributed by atoms with Crippen LogP contribution < -0.4 is 11.5 Å². The van der Waals surface area contributed by atoms with E-state index in [0.29, 0.717) is 17.2 Å². The highest BCUT2D eigenvalue weighted by Crippen LogP contribution is 2.16. The lowest BCUT2D eigenvalue weighted by molar-refractivity contribution is 1.29. The topological polar surface area (TPSA) is 93.1 Å². The molecule has 0 spiro atoms. The highest BCUT2D eigenvalue weighted by atomic mass is 15.0. The number of rotatable bonds is 2. The SMILES string of the molecule is C=C(N)c1[nH]cnc1N=CN. The molecule has 0 radical (unpaired) electrons. The van der Waals surface area contributed by atoms with Crippen molar-refractivity contribution in [2.45, 2.75) is 0 Å². The largest absolute Gasteiger partial charge is 0.397 e. The summed E-state index contributed by atoms with van der Waals surface area (Å²) >= 11 is 0. The number of nitrogens with one attached hydrogen (secondary N) is 1. The number of nitrogens with zero attached hydrogens (tertiary/aromatic N) is 2. The normalized spacial score (nSPS) is 10.5. The third kappa shape index (κ3) is 1.37. The summed E-state index contributed by atoms with van der Waals surface area (Å²) in [7, 11) is 0. The Balaban J connectivity index is 3.05. The zero-order valence-corrected chi connectivity index (χ0v) is 5.91. The Labute approximate surface area is 63.8 Å². The van der Waals surface area contributed by atoms with Crippen molar-refractivity contribution in [1.29, 1.82) is 0 Å². The van der Waals surface area contributed by atoms with Crippen molar-refractivity contribution in [3.63, 3.8) is 0 Å². The maximum Gasteiger partial charge on any atom is 0.180 e. The Hall–Kier alpha value is -1.78. The quantitative estimate of drug-likeness (QED) is 0.409. The Morgan fingerprint density at radius 2 is 2.55 bits per heavy atom. The maximum atomic E-state index is 5.41. The van der Waals surface area contributed by atoms with E-state index in [1.807, 2.05) is 0 Å². The van der Waals surface area contributed by atoms with Gasteiger partial charge in [-0.2, -0.15) is 0 Å². The molecular formula is C6H9N5. The summed E-state index contributed by atoms with van der Waals surface area (Å²) < 4.78 is 0.